The Labute approximate surface area is 296 Å². The highest BCUT2D eigenvalue weighted by atomic mass is 32.1. The summed E-state index contributed by atoms with van der Waals surface area (Å²) in [5, 5.41) is 14.4. The highest BCUT2D eigenvalue weighted by Crippen LogP contribution is 2.39. The molecule has 2 N–H and O–H groups in total. The molecular formula is C45H29N3O2S. The van der Waals surface area contributed by atoms with Gasteiger partial charge in [-0.25, -0.2) is 4.99 Å². The van der Waals surface area contributed by atoms with Gasteiger partial charge in [-0.05, 0) is 76.9 Å². The van der Waals surface area contributed by atoms with Crippen molar-refractivity contribution in [2.24, 2.45) is 4.99 Å². The van der Waals surface area contributed by atoms with Crippen LogP contribution in [-0.4, -0.2) is 5.84 Å². The zero-order chi connectivity index (χ0) is 33.5. The lowest BCUT2D eigenvalue weighted by atomic mass is 10.0. The summed E-state index contributed by atoms with van der Waals surface area (Å²) in [6.07, 6.45) is -0.424. The van der Waals surface area contributed by atoms with Gasteiger partial charge in [0.2, 0.25) is 0 Å². The van der Waals surface area contributed by atoms with Crippen LogP contribution < -0.4 is 10.6 Å². The first-order valence-corrected chi connectivity index (χ1v) is 18.0. The molecule has 0 aliphatic carbocycles. The van der Waals surface area contributed by atoms with Gasteiger partial charge >= 0.3 is 0 Å². The molecule has 0 saturated heterocycles. The molecule has 51 heavy (non-hydrogen) atoms. The van der Waals surface area contributed by atoms with Crippen LogP contribution in [0.15, 0.2) is 165 Å². The largest absolute Gasteiger partial charge is 0.456 e. The van der Waals surface area contributed by atoms with Crippen LogP contribution in [0.1, 0.15) is 29.0 Å². The van der Waals surface area contributed by atoms with Crippen LogP contribution >= 0.6 is 11.3 Å². The molecule has 0 saturated carbocycles. The topological polar surface area (TPSA) is 62.7 Å². The van der Waals surface area contributed by atoms with E-state index >= 15 is 0 Å². The molecule has 2 unspecified atom stereocenters. The van der Waals surface area contributed by atoms with E-state index in [-0.39, 0.29) is 12.3 Å². The third-order valence-corrected chi connectivity index (χ3v) is 11.3. The van der Waals surface area contributed by atoms with Crippen molar-refractivity contribution in [3.05, 3.63) is 168 Å². The first kappa shape index (κ1) is 28.6. The standard InChI is InChI=1S/C45H29N3O2S/c1-2-9-26(10-3-1)43-46-44(29-19-22-41-36(24-29)32-12-5-7-16-40(32)51-41)48-45(47-43)34-14-8-13-33-35-23-27(18-21-38(35)50-42(33)34)28-17-20-31-30-11-4-6-15-37(30)49-39(31)25-28/h1-25,43-44,46H,(H,47,48). The summed E-state index contributed by atoms with van der Waals surface area (Å²) in [6.45, 7) is 0. The number of rotatable bonds is 4. The summed E-state index contributed by atoms with van der Waals surface area (Å²) in [6, 6.07) is 53.3. The number of fused-ring (bicyclic) bond motifs is 9. The number of aliphatic imine (C=N–C) groups is 1. The van der Waals surface area contributed by atoms with Gasteiger partial charge < -0.3 is 14.2 Å². The molecule has 0 radical (unpaired) electrons. The van der Waals surface area contributed by atoms with Crippen molar-refractivity contribution in [1.82, 2.24) is 10.6 Å². The Kier molecular flexibility index (Phi) is 6.26. The molecular weight excluding hydrogens is 647 g/mol. The van der Waals surface area contributed by atoms with Crippen molar-refractivity contribution < 1.29 is 8.83 Å². The number of nitrogens with zero attached hydrogens (tertiary/aromatic N) is 1. The Morgan fingerprint density at radius 3 is 2.18 bits per heavy atom. The molecule has 2 atom stereocenters. The third-order valence-electron chi connectivity index (χ3n) is 10.2. The van der Waals surface area contributed by atoms with Gasteiger partial charge in [-0.2, -0.15) is 0 Å². The van der Waals surface area contributed by atoms with Gasteiger partial charge in [0.15, 0.2) is 0 Å². The summed E-state index contributed by atoms with van der Waals surface area (Å²) in [5.41, 5.74) is 8.84. The number of hydrogen-bond donors (Lipinski definition) is 2. The van der Waals surface area contributed by atoms with Gasteiger partial charge in [0.1, 0.15) is 40.5 Å². The quantitative estimate of drug-likeness (QED) is 0.195. The Balaban J connectivity index is 1.03. The third kappa shape index (κ3) is 4.61. The number of para-hydroxylation sites is 2. The molecule has 11 rings (SSSR count). The first-order chi connectivity index (χ1) is 25.2. The summed E-state index contributed by atoms with van der Waals surface area (Å²) in [4.78, 5) is 5.33. The van der Waals surface area contributed by atoms with E-state index in [1.165, 1.54) is 20.2 Å². The minimum Gasteiger partial charge on any atom is -0.456 e. The summed E-state index contributed by atoms with van der Waals surface area (Å²) >= 11 is 1.83. The van der Waals surface area contributed by atoms with E-state index in [1.807, 2.05) is 29.5 Å². The van der Waals surface area contributed by atoms with Gasteiger partial charge in [-0.15, -0.1) is 11.3 Å². The Bertz CT molecular complexity index is 3010. The fourth-order valence-corrected chi connectivity index (χ4v) is 8.75. The molecule has 7 aromatic carbocycles. The molecule has 0 fully saturated rings. The van der Waals surface area contributed by atoms with Gasteiger partial charge in [0.05, 0.1) is 5.56 Å². The average Bonchev–Trinajstić information content (AvgIpc) is 3.88. The van der Waals surface area contributed by atoms with E-state index in [0.717, 1.165) is 77.5 Å². The van der Waals surface area contributed by atoms with E-state index in [1.54, 1.807) is 0 Å². The van der Waals surface area contributed by atoms with Gasteiger partial charge in [0, 0.05) is 41.7 Å². The van der Waals surface area contributed by atoms with E-state index in [2.05, 4.69) is 144 Å². The smallest absolute Gasteiger partial charge is 0.146 e. The number of amidine groups is 1. The lowest BCUT2D eigenvalue weighted by Crippen LogP contribution is -2.45. The fourth-order valence-electron chi connectivity index (χ4n) is 7.67. The highest BCUT2D eigenvalue weighted by Gasteiger charge is 2.27. The molecule has 1 aliphatic rings. The van der Waals surface area contributed by atoms with Crippen LogP contribution in [0.4, 0.5) is 0 Å². The average molecular weight is 676 g/mol. The van der Waals surface area contributed by atoms with Crippen molar-refractivity contribution in [3.8, 4) is 11.1 Å². The summed E-state index contributed by atoms with van der Waals surface area (Å²) in [5.74, 6) is 0.795. The maximum Gasteiger partial charge on any atom is 0.146 e. The second-order valence-corrected chi connectivity index (χ2v) is 14.3. The molecule has 10 aromatic rings. The summed E-state index contributed by atoms with van der Waals surface area (Å²) < 4.78 is 15.4. The van der Waals surface area contributed by atoms with Crippen molar-refractivity contribution >= 4 is 81.2 Å². The molecule has 242 valence electrons. The predicted molar refractivity (Wildman–Crippen MR) is 210 cm³/mol. The van der Waals surface area contributed by atoms with E-state index in [9.17, 15) is 0 Å². The van der Waals surface area contributed by atoms with Crippen LogP contribution in [0.5, 0.6) is 0 Å². The minimum absolute atomic E-state index is 0.155. The number of thiophene rings is 1. The fraction of sp³-hybridized carbons (Fsp3) is 0.0444. The monoisotopic (exact) mass is 675 g/mol. The highest BCUT2D eigenvalue weighted by molar-refractivity contribution is 7.25. The maximum atomic E-state index is 6.66. The van der Waals surface area contributed by atoms with Crippen LogP contribution in [0.2, 0.25) is 0 Å². The number of nitrogens with one attached hydrogen (secondary N) is 2. The molecule has 5 nitrogen and oxygen atoms in total. The lowest BCUT2D eigenvalue weighted by Gasteiger charge is -2.32. The molecule has 3 aromatic heterocycles. The lowest BCUT2D eigenvalue weighted by molar-refractivity contribution is 0.409. The van der Waals surface area contributed by atoms with Gasteiger partial charge in [0.25, 0.3) is 0 Å². The van der Waals surface area contributed by atoms with Crippen LogP contribution in [-0.2, 0) is 0 Å². The van der Waals surface area contributed by atoms with Crippen molar-refractivity contribution in [1.29, 1.82) is 0 Å². The SMILES string of the molecule is c1ccc(C2NC(c3cccc4c3oc3ccc(-c5ccc6c(c5)oc5ccccc56)cc34)=NC(c3ccc4sc5ccccc5c4c3)N2)cc1. The Morgan fingerprint density at radius 1 is 0.490 bits per heavy atom. The van der Waals surface area contributed by atoms with Gasteiger partial charge in [-0.3, -0.25) is 5.32 Å². The molecule has 6 heteroatoms. The number of hydrogen-bond acceptors (Lipinski definition) is 6. The molecule has 0 spiro atoms. The van der Waals surface area contributed by atoms with Crippen LogP contribution in [0, 0.1) is 0 Å². The van der Waals surface area contributed by atoms with Crippen molar-refractivity contribution in [2.45, 2.75) is 12.3 Å². The zero-order valence-corrected chi connectivity index (χ0v) is 28.1. The summed E-state index contributed by atoms with van der Waals surface area (Å²) in [7, 11) is 0. The van der Waals surface area contributed by atoms with Crippen LogP contribution in [0.25, 0.3) is 75.2 Å². The number of benzene rings is 7. The molecule has 1 aliphatic heterocycles. The second-order valence-electron chi connectivity index (χ2n) is 13.2. The van der Waals surface area contributed by atoms with Crippen molar-refractivity contribution in [3.63, 3.8) is 0 Å². The zero-order valence-electron chi connectivity index (χ0n) is 27.3. The minimum atomic E-state index is -0.270. The van der Waals surface area contributed by atoms with Crippen LogP contribution in [0.3, 0.4) is 0 Å². The van der Waals surface area contributed by atoms with E-state index in [0.29, 0.717) is 0 Å². The number of furan rings is 2. The van der Waals surface area contributed by atoms with E-state index < -0.39 is 0 Å². The Morgan fingerprint density at radius 2 is 1.24 bits per heavy atom. The normalized spacial score (nSPS) is 16.4. The first-order valence-electron chi connectivity index (χ1n) is 17.2. The predicted octanol–water partition coefficient (Wildman–Crippen LogP) is 11.9. The molecule has 4 heterocycles. The van der Waals surface area contributed by atoms with E-state index in [4.69, 9.17) is 13.8 Å². The van der Waals surface area contributed by atoms with Gasteiger partial charge in [-0.1, -0.05) is 97.1 Å². The Hall–Kier alpha value is -6.21. The molecule has 0 bridgehead atoms. The molecule has 0 amide bonds. The van der Waals surface area contributed by atoms with Crippen molar-refractivity contribution in [2.75, 3.05) is 0 Å². The maximum absolute atomic E-state index is 6.66. The second kappa shape index (κ2) is 11.2.